The summed E-state index contributed by atoms with van der Waals surface area (Å²) in [5.74, 6) is 0.0183. The normalized spacial score (nSPS) is 14.4. The van der Waals surface area contributed by atoms with E-state index in [1.165, 1.54) is 22.5 Å². The van der Waals surface area contributed by atoms with Crippen LogP contribution in [-0.4, -0.2) is 17.4 Å². The van der Waals surface area contributed by atoms with E-state index in [1.807, 2.05) is 22.4 Å². The van der Waals surface area contributed by atoms with Crippen molar-refractivity contribution in [3.05, 3.63) is 45.9 Å². The highest BCUT2D eigenvalue weighted by Gasteiger charge is 2.30. The van der Waals surface area contributed by atoms with E-state index in [0.717, 1.165) is 18.7 Å². The Bertz CT molecular complexity index is 641. The number of hydrogen-bond donors (Lipinski definition) is 0. The lowest BCUT2D eigenvalue weighted by Gasteiger charge is -2.23. The molecule has 1 aliphatic heterocycles. The van der Waals surface area contributed by atoms with E-state index in [-0.39, 0.29) is 11.3 Å². The highest BCUT2D eigenvalue weighted by Crippen LogP contribution is 2.37. The Hall–Kier alpha value is -1.68. The molecule has 20 heavy (non-hydrogen) atoms. The number of aromatic nitrogens is 1. The number of nitrogens with zero attached hydrogens (tertiary/aromatic N) is 2. The number of anilines is 1. The summed E-state index contributed by atoms with van der Waals surface area (Å²) in [4.78, 5) is 18.5. The van der Waals surface area contributed by atoms with Crippen molar-refractivity contribution in [1.82, 2.24) is 4.98 Å². The smallest absolute Gasteiger partial charge is 0.287 e. The lowest BCUT2D eigenvalue weighted by atomic mass is 9.83. The first-order chi connectivity index (χ1) is 9.48. The molecule has 0 saturated carbocycles. The van der Waals surface area contributed by atoms with E-state index in [9.17, 15) is 4.79 Å². The number of carbonyl (C=O) groups is 1. The van der Waals surface area contributed by atoms with E-state index in [4.69, 9.17) is 0 Å². The van der Waals surface area contributed by atoms with Gasteiger partial charge in [0, 0.05) is 23.8 Å². The van der Waals surface area contributed by atoms with Gasteiger partial charge in [-0.05, 0) is 29.0 Å². The van der Waals surface area contributed by atoms with Crippen LogP contribution in [0.1, 0.15) is 41.7 Å². The fraction of sp³-hybridized carbons (Fsp3) is 0.375. The van der Waals surface area contributed by atoms with Crippen molar-refractivity contribution in [3.63, 3.8) is 0 Å². The van der Waals surface area contributed by atoms with Gasteiger partial charge in [-0.2, -0.15) is 0 Å². The van der Waals surface area contributed by atoms with Crippen molar-refractivity contribution < 1.29 is 4.79 Å². The molecule has 0 aliphatic carbocycles. The second-order valence-electron chi connectivity index (χ2n) is 6.10. The van der Waals surface area contributed by atoms with Gasteiger partial charge in [0.05, 0.1) is 0 Å². The molecule has 0 radical (unpaired) electrons. The molecule has 0 spiro atoms. The first-order valence-electron chi connectivity index (χ1n) is 6.82. The average molecular weight is 286 g/mol. The molecule has 3 rings (SSSR count). The molecule has 0 atom stereocenters. The molecule has 0 saturated heterocycles. The first kappa shape index (κ1) is 13.3. The highest BCUT2D eigenvalue weighted by atomic mass is 32.1. The Morgan fingerprint density at radius 1 is 1.35 bits per heavy atom. The van der Waals surface area contributed by atoms with Gasteiger partial charge in [-0.25, -0.2) is 4.98 Å². The molecule has 0 bridgehead atoms. The molecule has 0 fully saturated rings. The molecule has 1 amide bonds. The van der Waals surface area contributed by atoms with Gasteiger partial charge in [-0.3, -0.25) is 4.79 Å². The monoisotopic (exact) mass is 286 g/mol. The second kappa shape index (κ2) is 4.70. The lowest BCUT2D eigenvalue weighted by molar-refractivity contribution is 0.0989. The van der Waals surface area contributed by atoms with Crippen LogP contribution in [0.3, 0.4) is 0 Å². The Balaban J connectivity index is 2.01. The maximum Gasteiger partial charge on any atom is 0.287 e. The zero-order valence-corrected chi connectivity index (χ0v) is 12.8. The van der Waals surface area contributed by atoms with Crippen LogP contribution in [0.25, 0.3) is 0 Å². The minimum Gasteiger partial charge on any atom is -0.306 e. The molecular formula is C16H18N2OS. The van der Waals surface area contributed by atoms with Gasteiger partial charge >= 0.3 is 0 Å². The number of hydrogen-bond acceptors (Lipinski definition) is 3. The summed E-state index contributed by atoms with van der Waals surface area (Å²) in [6.07, 6.45) is 2.61. The highest BCUT2D eigenvalue weighted by molar-refractivity contribution is 7.11. The third-order valence-electron chi connectivity index (χ3n) is 3.70. The third-order valence-corrected chi connectivity index (χ3v) is 4.46. The van der Waals surface area contributed by atoms with Gasteiger partial charge in [0.15, 0.2) is 5.01 Å². The number of carbonyl (C=O) groups excluding carboxylic acids is 1. The molecule has 104 valence electrons. The molecule has 1 aromatic carbocycles. The lowest BCUT2D eigenvalue weighted by Crippen LogP contribution is -2.28. The fourth-order valence-electron chi connectivity index (χ4n) is 2.79. The zero-order chi connectivity index (χ0) is 14.3. The quantitative estimate of drug-likeness (QED) is 0.802. The van der Waals surface area contributed by atoms with Crippen LogP contribution in [0.4, 0.5) is 5.69 Å². The molecule has 1 aliphatic rings. The zero-order valence-electron chi connectivity index (χ0n) is 12.0. The summed E-state index contributed by atoms with van der Waals surface area (Å²) < 4.78 is 0. The molecule has 0 unspecified atom stereocenters. The van der Waals surface area contributed by atoms with Gasteiger partial charge in [-0.1, -0.05) is 32.9 Å². The number of rotatable bonds is 1. The summed E-state index contributed by atoms with van der Waals surface area (Å²) in [5.41, 5.74) is 3.80. The van der Waals surface area contributed by atoms with Crippen molar-refractivity contribution in [2.75, 3.05) is 11.4 Å². The molecule has 0 N–H and O–H groups in total. The van der Waals surface area contributed by atoms with Gasteiger partial charge in [0.25, 0.3) is 5.91 Å². The molecule has 3 nitrogen and oxygen atoms in total. The molecular weight excluding hydrogens is 268 g/mol. The van der Waals surface area contributed by atoms with E-state index >= 15 is 0 Å². The van der Waals surface area contributed by atoms with Crippen LogP contribution in [0.15, 0.2) is 29.8 Å². The van der Waals surface area contributed by atoms with E-state index in [1.54, 1.807) is 6.20 Å². The first-order valence-corrected chi connectivity index (χ1v) is 7.70. The van der Waals surface area contributed by atoms with Crippen LogP contribution in [0.5, 0.6) is 0 Å². The van der Waals surface area contributed by atoms with Crippen molar-refractivity contribution in [1.29, 1.82) is 0 Å². The molecule has 2 heterocycles. The fourth-order valence-corrected chi connectivity index (χ4v) is 3.38. The summed E-state index contributed by atoms with van der Waals surface area (Å²) >= 11 is 1.40. The standard InChI is InChI=1S/C16H18N2OS/c1-16(2,3)12-5-4-6-13-11(12)7-9-18(13)15(19)14-17-8-10-20-14/h4-6,8,10H,7,9H2,1-3H3. The Morgan fingerprint density at radius 3 is 2.80 bits per heavy atom. The molecule has 1 aromatic heterocycles. The summed E-state index contributed by atoms with van der Waals surface area (Å²) in [7, 11) is 0. The second-order valence-corrected chi connectivity index (χ2v) is 6.99. The average Bonchev–Trinajstić information content (AvgIpc) is 3.05. The van der Waals surface area contributed by atoms with E-state index in [0.29, 0.717) is 5.01 Å². The maximum absolute atomic E-state index is 12.5. The van der Waals surface area contributed by atoms with Crippen LogP contribution in [0, 0.1) is 0 Å². The number of benzene rings is 1. The minimum absolute atomic E-state index is 0.0183. The van der Waals surface area contributed by atoms with Gasteiger partial charge in [0.2, 0.25) is 0 Å². The van der Waals surface area contributed by atoms with Gasteiger partial charge in [-0.15, -0.1) is 11.3 Å². The number of fused-ring (bicyclic) bond motifs is 1. The van der Waals surface area contributed by atoms with Gasteiger partial charge < -0.3 is 4.90 Å². The van der Waals surface area contributed by atoms with E-state index < -0.39 is 0 Å². The third kappa shape index (κ3) is 2.14. The van der Waals surface area contributed by atoms with Crippen LogP contribution < -0.4 is 4.90 Å². The molecule has 2 aromatic rings. The van der Waals surface area contributed by atoms with Crippen LogP contribution >= 0.6 is 11.3 Å². The Morgan fingerprint density at radius 2 is 2.15 bits per heavy atom. The molecule has 4 heteroatoms. The Kier molecular flexibility index (Phi) is 3.13. The van der Waals surface area contributed by atoms with Crippen LogP contribution in [-0.2, 0) is 11.8 Å². The Labute approximate surface area is 123 Å². The minimum atomic E-state index is 0.0183. The van der Waals surface area contributed by atoms with Crippen molar-refractivity contribution in [3.8, 4) is 0 Å². The van der Waals surface area contributed by atoms with Crippen molar-refractivity contribution >= 4 is 22.9 Å². The topological polar surface area (TPSA) is 33.2 Å². The predicted molar refractivity (Wildman–Crippen MR) is 82.6 cm³/mol. The summed E-state index contributed by atoms with van der Waals surface area (Å²) in [5, 5.41) is 2.41. The van der Waals surface area contributed by atoms with Gasteiger partial charge in [0.1, 0.15) is 0 Å². The number of amides is 1. The predicted octanol–water partition coefficient (Wildman–Crippen LogP) is 3.64. The summed E-state index contributed by atoms with van der Waals surface area (Å²) in [6.45, 7) is 7.40. The number of thiazole rings is 1. The summed E-state index contributed by atoms with van der Waals surface area (Å²) in [6, 6.07) is 6.27. The van der Waals surface area contributed by atoms with Crippen molar-refractivity contribution in [2.45, 2.75) is 32.6 Å². The SMILES string of the molecule is CC(C)(C)c1cccc2c1CCN2C(=O)c1nccs1. The van der Waals surface area contributed by atoms with Crippen LogP contribution in [0.2, 0.25) is 0 Å². The van der Waals surface area contributed by atoms with E-state index in [2.05, 4.69) is 31.8 Å². The maximum atomic E-state index is 12.5. The van der Waals surface area contributed by atoms with Crippen molar-refractivity contribution in [2.24, 2.45) is 0 Å². The largest absolute Gasteiger partial charge is 0.306 e.